The smallest absolute Gasteiger partial charge is 0.0595 e. The van der Waals surface area contributed by atoms with Gasteiger partial charge in [0.25, 0.3) is 0 Å². The van der Waals surface area contributed by atoms with Crippen molar-refractivity contribution in [3.63, 3.8) is 0 Å². The number of hydrogen-bond donors (Lipinski definition) is 1. The van der Waals surface area contributed by atoms with E-state index in [9.17, 15) is 0 Å². The average molecular weight is 300 g/mol. The lowest BCUT2D eigenvalue weighted by atomic mass is 10.1. The lowest BCUT2D eigenvalue weighted by Crippen LogP contribution is -2.17. The molecule has 18 heavy (non-hydrogen) atoms. The van der Waals surface area contributed by atoms with Crippen LogP contribution in [0.2, 0.25) is 10.0 Å². The summed E-state index contributed by atoms with van der Waals surface area (Å²) in [6.07, 6.45) is 0. The first kappa shape index (κ1) is 13.9. The molecular formula is C14H15Cl2NS. The van der Waals surface area contributed by atoms with Crippen molar-refractivity contribution in [3.05, 3.63) is 55.7 Å². The maximum Gasteiger partial charge on any atom is 0.0595 e. The highest BCUT2D eigenvalue weighted by molar-refractivity contribution is 7.11. The number of halogens is 2. The van der Waals surface area contributed by atoms with Gasteiger partial charge in [0.15, 0.2) is 0 Å². The molecule has 0 aliphatic rings. The summed E-state index contributed by atoms with van der Waals surface area (Å²) < 4.78 is 0. The fraction of sp³-hybridized carbons (Fsp3) is 0.286. The van der Waals surface area contributed by atoms with Gasteiger partial charge in [-0.15, -0.1) is 11.3 Å². The van der Waals surface area contributed by atoms with Crippen LogP contribution in [0.4, 0.5) is 0 Å². The van der Waals surface area contributed by atoms with Crippen LogP contribution in [0, 0.1) is 6.92 Å². The molecule has 4 heteroatoms. The van der Waals surface area contributed by atoms with Gasteiger partial charge in [-0.2, -0.15) is 0 Å². The summed E-state index contributed by atoms with van der Waals surface area (Å²) in [5.41, 5.74) is 1.15. The summed E-state index contributed by atoms with van der Waals surface area (Å²) in [6.45, 7) is 5.12. The van der Waals surface area contributed by atoms with Crippen LogP contribution in [-0.4, -0.2) is 0 Å². The van der Waals surface area contributed by atoms with E-state index < -0.39 is 0 Å². The summed E-state index contributed by atoms with van der Waals surface area (Å²) in [6, 6.07) is 10.3. The van der Waals surface area contributed by atoms with Crippen molar-refractivity contribution in [2.24, 2.45) is 0 Å². The predicted molar refractivity (Wildman–Crippen MR) is 80.8 cm³/mol. The minimum Gasteiger partial charge on any atom is -0.305 e. The number of rotatable bonds is 4. The van der Waals surface area contributed by atoms with E-state index in [-0.39, 0.29) is 6.04 Å². The normalized spacial score (nSPS) is 12.7. The van der Waals surface area contributed by atoms with Crippen LogP contribution < -0.4 is 5.32 Å². The lowest BCUT2D eigenvalue weighted by molar-refractivity contribution is 0.579. The zero-order chi connectivity index (χ0) is 13.1. The molecule has 1 aromatic heterocycles. The van der Waals surface area contributed by atoms with Crippen LogP contribution in [-0.2, 0) is 6.54 Å². The molecular weight excluding hydrogens is 285 g/mol. The lowest BCUT2D eigenvalue weighted by Gasteiger charge is -2.14. The van der Waals surface area contributed by atoms with Crippen LogP contribution >= 0.6 is 34.5 Å². The Morgan fingerprint density at radius 2 is 1.94 bits per heavy atom. The van der Waals surface area contributed by atoms with Gasteiger partial charge in [0, 0.05) is 22.3 Å². The summed E-state index contributed by atoms with van der Waals surface area (Å²) in [5, 5.41) is 4.69. The van der Waals surface area contributed by atoms with Crippen molar-refractivity contribution in [1.82, 2.24) is 5.32 Å². The largest absolute Gasteiger partial charge is 0.305 e. The molecule has 0 aliphatic carbocycles. The molecule has 0 amide bonds. The molecule has 2 rings (SSSR count). The second kappa shape index (κ2) is 6.07. The summed E-state index contributed by atoms with van der Waals surface area (Å²) in [7, 11) is 0. The molecule has 96 valence electrons. The number of thiophene rings is 1. The van der Waals surface area contributed by atoms with Gasteiger partial charge >= 0.3 is 0 Å². The Hall–Kier alpha value is -0.540. The third-order valence-electron chi connectivity index (χ3n) is 2.82. The first-order chi connectivity index (χ1) is 8.56. The van der Waals surface area contributed by atoms with Gasteiger partial charge < -0.3 is 5.32 Å². The molecule has 0 saturated carbocycles. The molecule has 0 aliphatic heterocycles. The van der Waals surface area contributed by atoms with E-state index in [1.54, 1.807) is 0 Å². The Kier molecular flexibility index (Phi) is 4.68. The Labute approximate surface area is 122 Å². The van der Waals surface area contributed by atoms with E-state index in [2.05, 4.69) is 31.3 Å². The van der Waals surface area contributed by atoms with E-state index in [0.29, 0.717) is 10.0 Å². The van der Waals surface area contributed by atoms with Crippen molar-refractivity contribution in [3.8, 4) is 0 Å². The van der Waals surface area contributed by atoms with Crippen LogP contribution in [0.3, 0.4) is 0 Å². The topological polar surface area (TPSA) is 12.0 Å². The highest BCUT2D eigenvalue weighted by Gasteiger charge is 2.07. The highest BCUT2D eigenvalue weighted by atomic mass is 35.5. The van der Waals surface area contributed by atoms with Crippen LogP contribution in [0.1, 0.15) is 28.3 Å². The Morgan fingerprint density at radius 3 is 2.56 bits per heavy atom. The van der Waals surface area contributed by atoms with Crippen molar-refractivity contribution in [2.75, 3.05) is 0 Å². The van der Waals surface area contributed by atoms with Crippen LogP contribution in [0.5, 0.6) is 0 Å². The molecule has 1 unspecified atom stereocenters. The van der Waals surface area contributed by atoms with E-state index in [4.69, 9.17) is 23.2 Å². The van der Waals surface area contributed by atoms with Crippen molar-refractivity contribution in [1.29, 1.82) is 0 Å². The molecule has 2 aromatic rings. The van der Waals surface area contributed by atoms with Gasteiger partial charge in [-0.25, -0.2) is 0 Å². The third-order valence-corrected chi connectivity index (χ3v) is 4.56. The fourth-order valence-corrected chi connectivity index (χ4v) is 2.88. The predicted octanol–water partition coefficient (Wildman–Crippen LogP) is 5.21. The fourth-order valence-electron chi connectivity index (χ4n) is 1.73. The maximum atomic E-state index is 6.02. The molecule has 0 fully saturated rings. The first-order valence-corrected chi connectivity index (χ1v) is 7.37. The molecule has 1 heterocycles. The van der Waals surface area contributed by atoms with Crippen LogP contribution in [0.15, 0.2) is 30.3 Å². The van der Waals surface area contributed by atoms with Crippen molar-refractivity contribution < 1.29 is 0 Å². The molecule has 0 bridgehead atoms. The quantitative estimate of drug-likeness (QED) is 0.817. The van der Waals surface area contributed by atoms with Crippen molar-refractivity contribution in [2.45, 2.75) is 26.4 Å². The van der Waals surface area contributed by atoms with Gasteiger partial charge in [0.1, 0.15) is 0 Å². The summed E-state index contributed by atoms with van der Waals surface area (Å²) in [5.74, 6) is 0. The van der Waals surface area contributed by atoms with Gasteiger partial charge in [-0.05, 0) is 43.7 Å². The molecule has 0 spiro atoms. The SMILES string of the molecule is Cc1ccc(CNC(C)c2ccc(Cl)c(Cl)c2)s1. The van der Waals surface area contributed by atoms with E-state index in [0.717, 1.165) is 12.1 Å². The zero-order valence-electron chi connectivity index (χ0n) is 10.3. The van der Waals surface area contributed by atoms with Crippen molar-refractivity contribution >= 4 is 34.5 Å². The number of aryl methyl sites for hydroxylation is 1. The van der Waals surface area contributed by atoms with E-state index in [1.165, 1.54) is 9.75 Å². The standard InChI is InChI=1S/C14H15Cl2NS/c1-9-3-5-12(18-9)8-17-10(2)11-4-6-13(15)14(16)7-11/h3-7,10,17H,8H2,1-2H3. The minimum absolute atomic E-state index is 0.252. The summed E-state index contributed by atoms with van der Waals surface area (Å²) in [4.78, 5) is 2.69. The first-order valence-electron chi connectivity index (χ1n) is 5.80. The summed E-state index contributed by atoms with van der Waals surface area (Å²) >= 11 is 13.8. The Bertz CT molecular complexity index is 536. The van der Waals surface area contributed by atoms with E-state index >= 15 is 0 Å². The van der Waals surface area contributed by atoms with Crippen LogP contribution in [0.25, 0.3) is 0 Å². The highest BCUT2D eigenvalue weighted by Crippen LogP contribution is 2.26. The third kappa shape index (κ3) is 3.48. The molecule has 1 aromatic carbocycles. The minimum atomic E-state index is 0.252. The monoisotopic (exact) mass is 299 g/mol. The molecule has 0 saturated heterocycles. The Morgan fingerprint density at radius 1 is 1.17 bits per heavy atom. The van der Waals surface area contributed by atoms with Gasteiger partial charge in [0.05, 0.1) is 10.0 Å². The molecule has 1 atom stereocenters. The molecule has 0 radical (unpaired) electrons. The molecule has 1 N–H and O–H groups in total. The number of hydrogen-bond acceptors (Lipinski definition) is 2. The second-order valence-corrected chi connectivity index (χ2v) is 6.48. The van der Waals surface area contributed by atoms with Gasteiger partial charge in [-0.1, -0.05) is 29.3 Å². The van der Waals surface area contributed by atoms with Gasteiger partial charge in [0.2, 0.25) is 0 Å². The number of benzene rings is 1. The number of nitrogens with one attached hydrogen (secondary N) is 1. The zero-order valence-corrected chi connectivity index (χ0v) is 12.7. The Balaban J connectivity index is 1.99. The average Bonchev–Trinajstić information content (AvgIpc) is 2.75. The second-order valence-electron chi connectivity index (χ2n) is 4.29. The van der Waals surface area contributed by atoms with E-state index in [1.807, 2.05) is 29.5 Å². The molecule has 1 nitrogen and oxygen atoms in total. The maximum absolute atomic E-state index is 6.02. The van der Waals surface area contributed by atoms with Gasteiger partial charge in [-0.3, -0.25) is 0 Å².